The van der Waals surface area contributed by atoms with Gasteiger partial charge in [-0.15, -0.1) is 0 Å². The molecule has 0 radical (unpaired) electrons. The van der Waals surface area contributed by atoms with E-state index in [1.165, 1.54) is 30.2 Å². The summed E-state index contributed by atoms with van der Waals surface area (Å²) < 4.78 is 2.24. The molecule has 1 N–H and O–H groups in total. The molecule has 25 heavy (non-hydrogen) atoms. The fourth-order valence-electron chi connectivity index (χ4n) is 4.44. The number of piperidine rings is 2. The maximum Gasteiger partial charge on any atom is 0.0926 e. The Bertz CT molecular complexity index is 739. The number of hydrogen-bond donors (Lipinski definition) is 1. The highest BCUT2D eigenvalue weighted by Crippen LogP contribution is 2.34. The van der Waals surface area contributed by atoms with Crippen molar-refractivity contribution in [1.29, 1.82) is 0 Å². The third kappa shape index (κ3) is 3.34. The van der Waals surface area contributed by atoms with Gasteiger partial charge in [-0.05, 0) is 70.7 Å². The Morgan fingerprint density at radius 2 is 2.04 bits per heavy atom. The topological polar surface area (TPSA) is 33.1 Å². The van der Waals surface area contributed by atoms with Crippen LogP contribution in [0, 0.1) is 5.92 Å². The monoisotopic (exact) mass is 340 g/mol. The molecule has 0 aliphatic carbocycles. The lowest BCUT2D eigenvalue weighted by molar-refractivity contribution is 0.0721. The van der Waals surface area contributed by atoms with Crippen LogP contribution in [-0.4, -0.2) is 40.4 Å². The highest BCUT2D eigenvalue weighted by molar-refractivity contribution is 5.78. The first kappa shape index (κ1) is 17.0. The number of fused-ring (bicyclic) bond motifs is 1. The molecule has 2 aliphatic rings. The minimum Gasteiger partial charge on any atom is -0.310 e. The summed E-state index contributed by atoms with van der Waals surface area (Å²) >= 11 is 0. The van der Waals surface area contributed by atoms with Gasteiger partial charge in [0.25, 0.3) is 0 Å². The second-order valence-corrected chi connectivity index (χ2v) is 8.95. The number of hydrogen-bond acceptors (Lipinski definition) is 3. The van der Waals surface area contributed by atoms with Crippen LogP contribution in [0.2, 0.25) is 0 Å². The summed E-state index contributed by atoms with van der Waals surface area (Å²) in [5.41, 5.74) is 2.79. The Morgan fingerprint density at radius 3 is 2.76 bits per heavy atom. The van der Waals surface area contributed by atoms with Crippen molar-refractivity contribution in [3.8, 4) is 0 Å². The number of rotatable bonds is 2. The van der Waals surface area contributed by atoms with E-state index in [-0.39, 0.29) is 5.54 Å². The molecule has 3 heterocycles. The molecule has 2 fully saturated rings. The SMILES string of the molecule is C[C@H]1CCC(c2ccc3cn(C4CCN(C)C(C)(C)C4)nc3c2)NC1. The minimum absolute atomic E-state index is 0.245. The molecule has 2 aromatic rings. The van der Waals surface area contributed by atoms with Crippen molar-refractivity contribution < 1.29 is 0 Å². The van der Waals surface area contributed by atoms with Gasteiger partial charge in [0, 0.05) is 29.7 Å². The maximum atomic E-state index is 4.97. The van der Waals surface area contributed by atoms with Gasteiger partial charge in [-0.2, -0.15) is 5.10 Å². The number of likely N-dealkylation sites (tertiary alicyclic amines) is 1. The highest BCUT2D eigenvalue weighted by Gasteiger charge is 2.33. The lowest BCUT2D eigenvalue weighted by Crippen LogP contribution is -2.47. The summed E-state index contributed by atoms with van der Waals surface area (Å²) in [6.45, 7) is 9.29. The average molecular weight is 341 g/mol. The van der Waals surface area contributed by atoms with Crippen LogP contribution in [0.25, 0.3) is 10.9 Å². The number of aromatic nitrogens is 2. The molecule has 136 valence electrons. The van der Waals surface area contributed by atoms with Gasteiger partial charge >= 0.3 is 0 Å². The van der Waals surface area contributed by atoms with Crippen LogP contribution in [0.3, 0.4) is 0 Å². The van der Waals surface area contributed by atoms with Crippen molar-refractivity contribution >= 4 is 10.9 Å². The standard InChI is InChI=1S/C21H32N4/c1-15-5-8-19(22-13-15)16-6-7-17-14-25(23-20(17)11-16)18-9-10-24(4)21(2,3)12-18/h6-7,11,14-15,18-19,22H,5,8-10,12-13H2,1-4H3/t15-,18?,19?/m0/s1. The van der Waals surface area contributed by atoms with Gasteiger partial charge in [0.2, 0.25) is 0 Å². The Hall–Kier alpha value is -1.39. The van der Waals surface area contributed by atoms with Gasteiger partial charge in [0.15, 0.2) is 0 Å². The Morgan fingerprint density at radius 1 is 1.20 bits per heavy atom. The molecule has 0 spiro atoms. The maximum absolute atomic E-state index is 4.97. The first-order valence-corrected chi connectivity index (χ1v) is 9.86. The summed E-state index contributed by atoms with van der Waals surface area (Å²) in [6.07, 6.45) is 7.14. The summed E-state index contributed by atoms with van der Waals surface area (Å²) in [4.78, 5) is 2.47. The smallest absolute Gasteiger partial charge is 0.0926 e. The zero-order chi connectivity index (χ0) is 17.6. The van der Waals surface area contributed by atoms with Crippen LogP contribution in [0.1, 0.15) is 64.1 Å². The van der Waals surface area contributed by atoms with E-state index in [0.717, 1.165) is 30.9 Å². The highest BCUT2D eigenvalue weighted by atomic mass is 15.3. The second-order valence-electron chi connectivity index (χ2n) is 8.95. The molecule has 2 unspecified atom stereocenters. The van der Waals surface area contributed by atoms with E-state index < -0.39 is 0 Å². The largest absolute Gasteiger partial charge is 0.310 e. The molecule has 0 amide bonds. The van der Waals surface area contributed by atoms with Crippen molar-refractivity contribution in [2.45, 2.75) is 64.1 Å². The van der Waals surface area contributed by atoms with E-state index in [9.17, 15) is 0 Å². The number of benzene rings is 1. The van der Waals surface area contributed by atoms with Gasteiger partial charge < -0.3 is 10.2 Å². The van der Waals surface area contributed by atoms with Crippen molar-refractivity contribution in [3.05, 3.63) is 30.0 Å². The van der Waals surface area contributed by atoms with E-state index in [1.807, 2.05) is 0 Å². The average Bonchev–Trinajstić information content (AvgIpc) is 3.01. The van der Waals surface area contributed by atoms with Crippen LogP contribution in [0.5, 0.6) is 0 Å². The van der Waals surface area contributed by atoms with Gasteiger partial charge in [0.05, 0.1) is 11.6 Å². The molecule has 0 saturated carbocycles. The third-order valence-electron chi connectivity index (χ3n) is 6.55. The van der Waals surface area contributed by atoms with E-state index in [4.69, 9.17) is 5.10 Å². The minimum atomic E-state index is 0.245. The van der Waals surface area contributed by atoms with Crippen LogP contribution in [0.4, 0.5) is 0 Å². The quantitative estimate of drug-likeness (QED) is 0.892. The van der Waals surface area contributed by atoms with Crippen LogP contribution in [0.15, 0.2) is 24.4 Å². The van der Waals surface area contributed by atoms with E-state index >= 15 is 0 Å². The van der Waals surface area contributed by atoms with E-state index in [1.54, 1.807) is 0 Å². The lowest BCUT2D eigenvalue weighted by atomic mass is 9.87. The summed E-state index contributed by atoms with van der Waals surface area (Å²) in [5, 5.41) is 9.93. The fourth-order valence-corrected chi connectivity index (χ4v) is 4.44. The van der Waals surface area contributed by atoms with Crippen molar-refractivity contribution in [2.24, 2.45) is 5.92 Å². The Labute approximate surface area is 151 Å². The molecule has 1 aromatic heterocycles. The molecule has 2 aliphatic heterocycles. The Balaban J connectivity index is 1.56. The van der Waals surface area contributed by atoms with Gasteiger partial charge in [-0.25, -0.2) is 0 Å². The predicted molar refractivity (Wildman–Crippen MR) is 104 cm³/mol. The summed E-state index contributed by atoms with van der Waals surface area (Å²) in [7, 11) is 2.24. The molecule has 1 aromatic carbocycles. The molecule has 4 heteroatoms. The first-order valence-electron chi connectivity index (χ1n) is 9.86. The second kappa shape index (κ2) is 6.40. The molecule has 4 nitrogen and oxygen atoms in total. The van der Waals surface area contributed by atoms with Crippen molar-refractivity contribution in [2.75, 3.05) is 20.1 Å². The van der Waals surface area contributed by atoms with Crippen LogP contribution in [-0.2, 0) is 0 Å². The number of nitrogens with one attached hydrogen (secondary N) is 1. The van der Waals surface area contributed by atoms with Crippen molar-refractivity contribution in [1.82, 2.24) is 20.0 Å². The molecule has 0 bridgehead atoms. The normalized spacial score (nSPS) is 30.6. The van der Waals surface area contributed by atoms with E-state index in [2.05, 4.69) is 67.1 Å². The van der Waals surface area contributed by atoms with Crippen LogP contribution >= 0.6 is 0 Å². The zero-order valence-electron chi connectivity index (χ0n) is 16.1. The fraction of sp³-hybridized carbons (Fsp3) is 0.667. The molecule has 2 saturated heterocycles. The molecular weight excluding hydrogens is 308 g/mol. The molecule has 4 rings (SSSR count). The molecule has 3 atom stereocenters. The van der Waals surface area contributed by atoms with Gasteiger partial charge in [0.1, 0.15) is 0 Å². The summed E-state index contributed by atoms with van der Waals surface area (Å²) in [5.74, 6) is 0.798. The zero-order valence-corrected chi connectivity index (χ0v) is 16.1. The predicted octanol–water partition coefficient (Wildman–Crippen LogP) is 4.14. The summed E-state index contributed by atoms with van der Waals surface area (Å²) in [6, 6.07) is 7.86. The number of nitrogens with zero attached hydrogens (tertiary/aromatic N) is 3. The van der Waals surface area contributed by atoms with E-state index in [0.29, 0.717) is 12.1 Å². The van der Waals surface area contributed by atoms with Gasteiger partial charge in [-0.1, -0.05) is 19.1 Å². The third-order valence-corrected chi connectivity index (χ3v) is 6.55. The molecular formula is C21H32N4. The Kier molecular flexibility index (Phi) is 4.37. The first-order chi connectivity index (χ1) is 11.9. The van der Waals surface area contributed by atoms with Gasteiger partial charge in [-0.3, -0.25) is 4.68 Å². The van der Waals surface area contributed by atoms with Crippen LogP contribution < -0.4 is 5.32 Å². The van der Waals surface area contributed by atoms with Crippen molar-refractivity contribution in [3.63, 3.8) is 0 Å². The lowest BCUT2D eigenvalue weighted by Gasteiger charge is -2.43.